The highest BCUT2D eigenvalue weighted by atomic mass is 16.5. The Bertz CT molecular complexity index is 1610. The molecule has 0 bridgehead atoms. The van der Waals surface area contributed by atoms with Crippen LogP contribution >= 0.6 is 0 Å². The van der Waals surface area contributed by atoms with E-state index >= 15 is 0 Å². The molecule has 7 amide bonds. The fourth-order valence-corrected chi connectivity index (χ4v) is 5.62. The predicted molar refractivity (Wildman–Crippen MR) is 281 cm³/mol. The van der Waals surface area contributed by atoms with Gasteiger partial charge in [-0.3, -0.25) is 43.3 Å². The number of nitrogens with one attached hydrogen (secondary N) is 6. The molecular weight excluding hydrogens is 915 g/mol. The van der Waals surface area contributed by atoms with Crippen molar-refractivity contribution in [1.82, 2.24) is 36.8 Å². The van der Waals surface area contributed by atoms with Gasteiger partial charge in [-0.15, -0.1) is 0 Å². The van der Waals surface area contributed by atoms with Gasteiger partial charge in [0, 0.05) is 46.0 Å². The number of likely N-dealkylation sites (N-methyl/N-ethyl adjacent to an activating group) is 2. The highest BCUT2D eigenvalue weighted by Crippen LogP contribution is 2.35. The molecule has 1 saturated heterocycles. The Morgan fingerprint density at radius 1 is 0.817 bits per heavy atom. The number of carboxylic acids is 1. The minimum absolute atomic E-state index is 0.00734. The van der Waals surface area contributed by atoms with E-state index < -0.39 is 35.8 Å². The van der Waals surface area contributed by atoms with Gasteiger partial charge in [-0.05, 0) is 65.5 Å². The Hall–Kier alpha value is -5.27. The maximum atomic E-state index is 12.1. The second-order valence-electron chi connectivity index (χ2n) is 18.6. The van der Waals surface area contributed by atoms with Gasteiger partial charge in [0.25, 0.3) is 0 Å². The Balaban J connectivity index is -0.000000266. The second kappa shape index (κ2) is 44.7. The van der Waals surface area contributed by atoms with Gasteiger partial charge in [-0.25, -0.2) is 0 Å². The van der Waals surface area contributed by atoms with E-state index in [2.05, 4.69) is 94.2 Å². The lowest BCUT2D eigenvalue weighted by Gasteiger charge is -2.30. The molecule has 412 valence electrons. The van der Waals surface area contributed by atoms with Crippen molar-refractivity contribution < 1.29 is 57.7 Å². The number of hydrogen-bond donors (Lipinski definition) is 7. The molecule has 19 heteroatoms. The van der Waals surface area contributed by atoms with Gasteiger partial charge in [-0.1, -0.05) is 119 Å². The quantitative estimate of drug-likeness (QED) is 0.0455. The summed E-state index contributed by atoms with van der Waals surface area (Å²) in [5.41, 5.74) is 0.148. The SMILES string of the molecule is CC.CCC.CCC=O.CCCCC(C)(C)CN1C(=O)CC(C)(C)C1=O.CCNC(=O)CNC=O.CNCC(C)(C)OCCC(C)(C)OC.O=CNCC(=O)NC(Cc1ccccc1)C(=O)NCC(=O)O. The van der Waals surface area contributed by atoms with Gasteiger partial charge in [0.15, 0.2) is 0 Å². The molecular formula is C52H97N7O12. The number of aldehydes is 1. The van der Waals surface area contributed by atoms with Crippen LogP contribution in [-0.4, -0.2) is 142 Å². The highest BCUT2D eigenvalue weighted by Gasteiger charge is 2.46. The van der Waals surface area contributed by atoms with Crippen LogP contribution in [0.3, 0.4) is 0 Å². The summed E-state index contributed by atoms with van der Waals surface area (Å²) in [7, 11) is 3.67. The first-order chi connectivity index (χ1) is 33.2. The van der Waals surface area contributed by atoms with Crippen molar-refractivity contribution in [2.45, 2.75) is 172 Å². The fraction of sp³-hybridized carbons (Fsp3) is 0.712. The minimum Gasteiger partial charge on any atom is -0.480 e. The molecule has 1 fully saturated rings. The van der Waals surface area contributed by atoms with Crippen LogP contribution in [0.1, 0.15) is 154 Å². The topological polar surface area (TPSA) is 268 Å². The minimum atomic E-state index is -1.18. The molecule has 19 nitrogen and oxygen atoms in total. The highest BCUT2D eigenvalue weighted by molar-refractivity contribution is 6.05. The van der Waals surface area contributed by atoms with Crippen LogP contribution in [0.2, 0.25) is 0 Å². The van der Waals surface area contributed by atoms with Gasteiger partial charge >= 0.3 is 5.97 Å². The van der Waals surface area contributed by atoms with Crippen LogP contribution in [0.4, 0.5) is 0 Å². The van der Waals surface area contributed by atoms with Crippen molar-refractivity contribution in [2.75, 3.05) is 60.0 Å². The Morgan fingerprint density at radius 2 is 1.34 bits per heavy atom. The van der Waals surface area contributed by atoms with E-state index in [1.807, 2.05) is 54.7 Å². The monoisotopic (exact) mass is 1010 g/mol. The van der Waals surface area contributed by atoms with E-state index in [0.29, 0.717) is 38.8 Å². The van der Waals surface area contributed by atoms with Crippen LogP contribution in [0.25, 0.3) is 0 Å². The van der Waals surface area contributed by atoms with Crippen LogP contribution in [0, 0.1) is 10.8 Å². The zero-order valence-electron chi connectivity index (χ0n) is 46.7. The number of aliphatic carboxylic acids is 1. The Morgan fingerprint density at radius 3 is 1.75 bits per heavy atom. The number of imide groups is 1. The molecule has 1 unspecified atom stereocenters. The lowest BCUT2D eigenvalue weighted by Crippen LogP contribution is -2.50. The first-order valence-electron chi connectivity index (χ1n) is 24.7. The van der Waals surface area contributed by atoms with Crippen LogP contribution in [0.5, 0.6) is 0 Å². The molecule has 71 heavy (non-hydrogen) atoms. The molecule has 0 radical (unpaired) electrons. The number of benzene rings is 1. The van der Waals surface area contributed by atoms with Gasteiger partial charge in [0.05, 0.1) is 36.3 Å². The number of carbonyl (C=O) groups is 9. The number of ether oxygens (including phenoxy) is 2. The van der Waals surface area contributed by atoms with Crippen molar-refractivity contribution in [3.63, 3.8) is 0 Å². The van der Waals surface area contributed by atoms with Crippen molar-refractivity contribution in [3.05, 3.63) is 35.9 Å². The number of likely N-dealkylation sites (tertiary alicyclic amines) is 1. The third-order valence-electron chi connectivity index (χ3n) is 9.44. The molecule has 1 atom stereocenters. The van der Waals surface area contributed by atoms with Gasteiger partial charge in [0.1, 0.15) is 18.9 Å². The molecule has 7 N–H and O–H groups in total. The van der Waals surface area contributed by atoms with Gasteiger partial charge in [-0.2, -0.15) is 0 Å². The molecule has 1 aromatic rings. The Labute approximate surface area is 427 Å². The van der Waals surface area contributed by atoms with Crippen molar-refractivity contribution in [1.29, 1.82) is 0 Å². The summed E-state index contributed by atoms with van der Waals surface area (Å²) in [5, 5.41) is 23.3. The Kier molecular flexibility index (Phi) is 47.0. The fourth-order valence-electron chi connectivity index (χ4n) is 5.62. The summed E-state index contributed by atoms with van der Waals surface area (Å²) < 4.78 is 11.1. The largest absolute Gasteiger partial charge is 0.480 e. The lowest BCUT2D eigenvalue weighted by atomic mass is 9.86. The molecule has 1 aliphatic rings. The molecule has 0 spiro atoms. The molecule has 0 aliphatic carbocycles. The van der Waals surface area contributed by atoms with E-state index in [1.54, 1.807) is 31.4 Å². The summed E-state index contributed by atoms with van der Waals surface area (Å²) in [6.07, 6.45) is 8.46. The first kappa shape index (κ1) is 74.7. The number of nitrogens with zero attached hydrogens (tertiary/aromatic N) is 1. The van der Waals surface area contributed by atoms with E-state index in [9.17, 15) is 43.2 Å². The standard InChI is InChI=1S/C14H17N3O5.C14H25NO2.C11H25NO2.C5H10N2O2.C3H6O.C3H8.C2H6/c18-9-15-7-12(19)17-11(14(22)16-8-13(20)21)6-10-4-2-1-3-5-10;1-6-7-8-13(2,3)10-15-11(16)9-14(4,5)12(15)17;1-10(2,13-6)7-8-14-11(3,4)9-12-5;1-2-7-5(9)3-6-4-8;1-2-3-4;1-3-2;1-2/h1-5,9,11H,6-8H2,(H,15,18)(H,16,22)(H,17,19)(H,20,21);6-10H2,1-5H3;12H,7-9H2,1-6H3;4H,2-3H2,1H3,(H,6,8)(H,7,9);3H,2H2,1H3;3H2,1-2H3;1-2H3. The number of amides is 7. The molecule has 1 aliphatic heterocycles. The first-order valence-corrected chi connectivity index (χ1v) is 24.7. The van der Waals surface area contributed by atoms with E-state index in [-0.39, 0.29) is 53.8 Å². The van der Waals surface area contributed by atoms with Crippen molar-refractivity contribution in [2.24, 2.45) is 10.8 Å². The van der Waals surface area contributed by atoms with Crippen LogP contribution in [0.15, 0.2) is 30.3 Å². The number of unbranched alkanes of at least 4 members (excludes halogenated alkanes) is 1. The maximum absolute atomic E-state index is 12.1. The van der Waals surface area contributed by atoms with Gasteiger partial charge < -0.3 is 51.3 Å². The number of carbonyl (C=O) groups excluding carboxylic acids is 8. The predicted octanol–water partition coefficient (Wildman–Crippen LogP) is 5.37. The zero-order chi connectivity index (χ0) is 56.1. The second-order valence-corrected chi connectivity index (χ2v) is 18.6. The van der Waals surface area contributed by atoms with E-state index in [1.165, 1.54) is 11.3 Å². The summed E-state index contributed by atoms with van der Waals surface area (Å²) in [6, 6.07) is 8.04. The molecule has 0 aromatic heterocycles. The molecule has 2 rings (SSSR count). The average Bonchev–Trinajstić information content (AvgIpc) is 3.50. The summed E-state index contributed by atoms with van der Waals surface area (Å²) >= 11 is 0. The van der Waals surface area contributed by atoms with Crippen molar-refractivity contribution >= 4 is 54.6 Å². The van der Waals surface area contributed by atoms with Crippen LogP contribution in [-0.2, 0) is 59.0 Å². The van der Waals surface area contributed by atoms with Gasteiger partial charge in [0.2, 0.25) is 42.4 Å². The summed E-state index contributed by atoms with van der Waals surface area (Å²) in [5.74, 6) is -2.51. The smallest absolute Gasteiger partial charge is 0.322 e. The lowest BCUT2D eigenvalue weighted by molar-refractivity contribution is -0.142. The number of rotatable bonds is 26. The average molecular weight is 1010 g/mol. The third-order valence-corrected chi connectivity index (χ3v) is 9.44. The summed E-state index contributed by atoms with van der Waals surface area (Å²) in [4.78, 5) is 98.9. The van der Waals surface area contributed by atoms with Crippen molar-refractivity contribution in [3.8, 4) is 0 Å². The molecule has 0 saturated carbocycles. The molecule has 1 heterocycles. The normalized spacial score (nSPS) is 12.6. The van der Waals surface area contributed by atoms with E-state index in [0.717, 1.165) is 50.7 Å². The number of methoxy groups -OCH3 is 1. The number of carboxylic acid groups (broad SMARTS) is 1. The summed E-state index contributed by atoms with van der Waals surface area (Å²) in [6.45, 7) is 32.3. The van der Waals surface area contributed by atoms with Crippen LogP contribution < -0.4 is 31.9 Å². The maximum Gasteiger partial charge on any atom is 0.322 e. The third kappa shape index (κ3) is 44.4. The number of hydrogen-bond acceptors (Lipinski definition) is 12. The molecule has 1 aromatic carbocycles. The zero-order valence-corrected chi connectivity index (χ0v) is 46.7. The van der Waals surface area contributed by atoms with E-state index in [4.69, 9.17) is 14.6 Å².